The summed E-state index contributed by atoms with van der Waals surface area (Å²) in [7, 11) is 0. The van der Waals surface area contributed by atoms with Gasteiger partial charge in [0, 0.05) is 12.2 Å². The molecule has 1 unspecified atom stereocenters. The molecular formula is C7H13NO. The molecule has 0 aliphatic carbocycles. The number of rotatable bonds is 0. The SMILES string of the molecule is C=C1CCC(C)CN1O. The molecule has 2 heteroatoms. The van der Waals surface area contributed by atoms with Gasteiger partial charge in [-0.05, 0) is 18.8 Å². The van der Waals surface area contributed by atoms with Crippen molar-refractivity contribution >= 4 is 0 Å². The van der Waals surface area contributed by atoms with Gasteiger partial charge in [0.15, 0.2) is 0 Å². The van der Waals surface area contributed by atoms with Gasteiger partial charge in [0.25, 0.3) is 0 Å². The lowest BCUT2D eigenvalue weighted by Crippen LogP contribution is -2.28. The molecule has 0 amide bonds. The van der Waals surface area contributed by atoms with Crippen LogP contribution < -0.4 is 0 Å². The molecule has 2 nitrogen and oxygen atoms in total. The summed E-state index contributed by atoms with van der Waals surface area (Å²) in [4.78, 5) is 0. The highest BCUT2D eigenvalue weighted by molar-refractivity contribution is 4.93. The summed E-state index contributed by atoms with van der Waals surface area (Å²) in [5.74, 6) is 0.612. The zero-order chi connectivity index (χ0) is 6.85. The molecule has 1 fully saturated rings. The van der Waals surface area contributed by atoms with E-state index in [0.717, 1.165) is 25.1 Å². The van der Waals surface area contributed by atoms with Crippen LogP contribution in [-0.2, 0) is 0 Å². The van der Waals surface area contributed by atoms with Gasteiger partial charge in [-0.3, -0.25) is 10.3 Å². The largest absolute Gasteiger partial charge is 0.289 e. The summed E-state index contributed by atoms with van der Waals surface area (Å²) in [6, 6.07) is 0. The summed E-state index contributed by atoms with van der Waals surface area (Å²) >= 11 is 0. The summed E-state index contributed by atoms with van der Waals surface area (Å²) in [5, 5.41) is 10.3. The van der Waals surface area contributed by atoms with E-state index >= 15 is 0 Å². The summed E-state index contributed by atoms with van der Waals surface area (Å²) in [5.41, 5.74) is 0.855. The van der Waals surface area contributed by atoms with Gasteiger partial charge >= 0.3 is 0 Å². The van der Waals surface area contributed by atoms with Crippen LogP contribution in [0.25, 0.3) is 0 Å². The van der Waals surface area contributed by atoms with Crippen LogP contribution in [0.1, 0.15) is 19.8 Å². The lowest BCUT2D eigenvalue weighted by Gasteiger charge is -2.28. The minimum absolute atomic E-state index is 0.612. The molecule has 1 heterocycles. The third-order valence-electron chi connectivity index (χ3n) is 1.78. The second kappa shape index (κ2) is 2.40. The predicted octanol–water partition coefficient (Wildman–Crippen LogP) is 1.62. The molecule has 1 atom stereocenters. The van der Waals surface area contributed by atoms with Gasteiger partial charge in [0.05, 0.1) is 0 Å². The van der Waals surface area contributed by atoms with E-state index in [1.54, 1.807) is 0 Å². The van der Waals surface area contributed by atoms with Crippen LogP contribution in [0.15, 0.2) is 12.3 Å². The first-order valence-electron chi connectivity index (χ1n) is 3.34. The van der Waals surface area contributed by atoms with Gasteiger partial charge in [-0.1, -0.05) is 13.5 Å². The molecule has 0 aromatic rings. The minimum Gasteiger partial charge on any atom is -0.289 e. The predicted molar refractivity (Wildman–Crippen MR) is 36.0 cm³/mol. The Morgan fingerprint density at radius 3 is 2.89 bits per heavy atom. The van der Waals surface area contributed by atoms with Crippen molar-refractivity contribution in [3.05, 3.63) is 12.3 Å². The van der Waals surface area contributed by atoms with E-state index in [1.807, 2.05) is 0 Å². The molecule has 1 rings (SSSR count). The maximum atomic E-state index is 9.08. The first-order chi connectivity index (χ1) is 4.20. The first-order valence-corrected chi connectivity index (χ1v) is 3.34. The van der Waals surface area contributed by atoms with E-state index in [-0.39, 0.29) is 0 Å². The maximum Gasteiger partial charge on any atom is 0.0475 e. The molecule has 0 bridgehead atoms. The molecule has 0 radical (unpaired) electrons. The van der Waals surface area contributed by atoms with E-state index in [9.17, 15) is 0 Å². The van der Waals surface area contributed by atoms with Gasteiger partial charge in [-0.25, -0.2) is 0 Å². The van der Waals surface area contributed by atoms with Crippen LogP contribution in [-0.4, -0.2) is 16.8 Å². The Morgan fingerprint density at radius 1 is 1.78 bits per heavy atom. The van der Waals surface area contributed by atoms with Gasteiger partial charge < -0.3 is 0 Å². The van der Waals surface area contributed by atoms with Gasteiger partial charge in [-0.2, -0.15) is 0 Å². The Balaban J connectivity index is 2.44. The fraction of sp³-hybridized carbons (Fsp3) is 0.714. The van der Waals surface area contributed by atoms with E-state index < -0.39 is 0 Å². The van der Waals surface area contributed by atoms with Crippen LogP contribution in [0, 0.1) is 5.92 Å². The fourth-order valence-corrected chi connectivity index (χ4v) is 1.06. The summed E-state index contributed by atoms with van der Waals surface area (Å²) < 4.78 is 0. The third kappa shape index (κ3) is 1.45. The molecule has 1 aliphatic rings. The number of hydrogen-bond donors (Lipinski definition) is 1. The second-order valence-corrected chi connectivity index (χ2v) is 2.79. The Kier molecular flexibility index (Phi) is 1.76. The summed E-state index contributed by atoms with van der Waals surface area (Å²) in [6.45, 7) is 6.59. The van der Waals surface area contributed by atoms with E-state index in [1.165, 1.54) is 5.06 Å². The van der Waals surface area contributed by atoms with Gasteiger partial charge in [0.2, 0.25) is 0 Å². The lowest BCUT2D eigenvalue weighted by atomic mass is 10.0. The van der Waals surface area contributed by atoms with Crippen molar-refractivity contribution < 1.29 is 5.21 Å². The van der Waals surface area contributed by atoms with Crippen molar-refractivity contribution in [1.29, 1.82) is 0 Å². The number of hydroxylamine groups is 2. The Hall–Kier alpha value is -0.500. The van der Waals surface area contributed by atoms with Crippen molar-refractivity contribution in [2.24, 2.45) is 5.92 Å². The Morgan fingerprint density at radius 2 is 2.44 bits per heavy atom. The van der Waals surface area contributed by atoms with Crippen LogP contribution in [0.5, 0.6) is 0 Å². The quantitative estimate of drug-likeness (QED) is 0.534. The molecule has 1 N–H and O–H groups in total. The summed E-state index contributed by atoms with van der Waals surface area (Å²) in [6.07, 6.45) is 2.10. The van der Waals surface area contributed by atoms with Crippen LogP contribution in [0.2, 0.25) is 0 Å². The highest BCUT2D eigenvalue weighted by Crippen LogP contribution is 2.20. The third-order valence-corrected chi connectivity index (χ3v) is 1.78. The smallest absolute Gasteiger partial charge is 0.0475 e. The highest BCUT2D eigenvalue weighted by Gasteiger charge is 2.15. The maximum absolute atomic E-state index is 9.08. The zero-order valence-corrected chi connectivity index (χ0v) is 5.80. The number of hydrogen-bond acceptors (Lipinski definition) is 2. The molecule has 1 saturated heterocycles. The van der Waals surface area contributed by atoms with Crippen LogP contribution in [0.4, 0.5) is 0 Å². The molecule has 0 aromatic carbocycles. The monoisotopic (exact) mass is 127 g/mol. The Bertz CT molecular complexity index is 122. The molecule has 1 aliphatic heterocycles. The lowest BCUT2D eigenvalue weighted by molar-refractivity contribution is -0.0805. The minimum atomic E-state index is 0.612. The van der Waals surface area contributed by atoms with Gasteiger partial charge in [0.1, 0.15) is 0 Å². The topological polar surface area (TPSA) is 23.5 Å². The van der Waals surface area contributed by atoms with Gasteiger partial charge in [-0.15, -0.1) is 0 Å². The molecule has 52 valence electrons. The average Bonchev–Trinajstić information content (AvgIpc) is 1.80. The first kappa shape index (κ1) is 6.62. The standard InChI is InChI=1S/C7H13NO/c1-6-3-4-7(2)8(9)5-6/h6,9H,2-5H2,1H3. The number of allylic oxidation sites excluding steroid dienone is 1. The molecule has 0 saturated carbocycles. The molecule has 0 aromatic heterocycles. The van der Waals surface area contributed by atoms with Crippen LogP contribution >= 0.6 is 0 Å². The molecular weight excluding hydrogens is 114 g/mol. The normalized spacial score (nSPS) is 28.9. The van der Waals surface area contributed by atoms with E-state index in [4.69, 9.17) is 5.21 Å². The second-order valence-electron chi connectivity index (χ2n) is 2.79. The molecule has 0 spiro atoms. The van der Waals surface area contributed by atoms with E-state index in [0.29, 0.717) is 5.92 Å². The van der Waals surface area contributed by atoms with E-state index in [2.05, 4.69) is 13.5 Å². The van der Waals surface area contributed by atoms with Crippen molar-refractivity contribution in [2.75, 3.05) is 6.54 Å². The van der Waals surface area contributed by atoms with Crippen molar-refractivity contribution in [3.8, 4) is 0 Å². The molecule has 9 heavy (non-hydrogen) atoms. The zero-order valence-electron chi connectivity index (χ0n) is 5.80. The highest BCUT2D eigenvalue weighted by atomic mass is 16.5. The fourth-order valence-electron chi connectivity index (χ4n) is 1.06. The van der Waals surface area contributed by atoms with Crippen molar-refractivity contribution in [1.82, 2.24) is 5.06 Å². The van der Waals surface area contributed by atoms with Crippen LogP contribution in [0.3, 0.4) is 0 Å². The number of piperidine rings is 1. The average molecular weight is 127 g/mol. The number of nitrogens with zero attached hydrogens (tertiary/aromatic N) is 1. The van der Waals surface area contributed by atoms with Crippen molar-refractivity contribution in [3.63, 3.8) is 0 Å². The Labute approximate surface area is 55.7 Å². The van der Waals surface area contributed by atoms with Crippen molar-refractivity contribution in [2.45, 2.75) is 19.8 Å².